The van der Waals surface area contributed by atoms with E-state index in [-0.39, 0.29) is 23.7 Å². The topological polar surface area (TPSA) is 145 Å². The molecule has 2 aromatic rings. The number of nitrogens with one attached hydrogen (secondary N) is 3. The Morgan fingerprint density at radius 2 is 1.88 bits per heavy atom. The molecule has 0 heterocycles. The minimum Gasteiger partial charge on any atom is -0.481 e. The summed E-state index contributed by atoms with van der Waals surface area (Å²) in [7, 11) is -3.88. The molecular weight excluding hydrogens is 344 g/mol. The second-order valence-corrected chi connectivity index (χ2v) is 6.91. The molecule has 0 radical (unpaired) electrons. The number of aryl methyl sites for hydroxylation is 1. The van der Waals surface area contributed by atoms with Crippen molar-refractivity contribution in [1.82, 2.24) is 0 Å². The average molecular weight is 362 g/mol. The Morgan fingerprint density at radius 3 is 2.56 bits per heavy atom. The quantitative estimate of drug-likeness (QED) is 0.375. The molecule has 0 aliphatic carbocycles. The molecule has 6 N–H and O–H groups in total. The van der Waals surface area contributed by atoms with Crippen molar-refractivity contribution in [2.24, 2.45) is 5.73 Å². The van der Waals surface area contributed by atoms with Gasteiger partial charge in [-0.1, -0.05) is 24.3 Å². The monoisotopic (exact) mass is 362 g/mol. The van der Waals surface area contributed by atoms with Crippen LogP contribution in [0.4, 0.5) is 11.4 Å². The first-order valence-electron chi connectivity index (χ1n) is 7.31. The number of benzene rings is 2. The molecule has 8 nitrogen and oxygen atoms in total. The summed E-state index contributed by atoms with van der Waals surface area (Å²) < 4.78 is 27.7. The van der Waals surface area contributed by atoms with Crippen LogP contribution in [0.1, 0.15) is 12.0 Å². The molecule has 0 aromatic heterocycles. The van der Waals surface area contributed by atoms with Crippen molar-refractivity contribution in [3.05, 3.63) is 54.1 Å². The molecule has 0 atom stereocenters. The predicted octanol–water partition coefficient (Wildman–Crippen LogP) is 1.81. The molecule has 0 amide bonds. The van der Waals surface area contributed by atoms with Gasteiger partial charge in [-0.05, 0) is 36.2 Å². The zero-order chi connectivity index (χ0) is 18.4. The summed E-state index contributed by atoms with van der Waals surface area (Å²) in [5.74, 6) is -1.26. The van der Waals surface area contributed by atoms with Crippen LogP contribution in [-0.4, -0.2) is 25.5 Å². The maximum Gasteiger partial charge on any atom is 0.303 e. The Kier molecular flexibility index (Phi) is 5.60. The molecule has 0 aliphatic rings. The second-order valence-electron chi connectivity index (χ2n) is 5.22. The van der Waals surface area contributed by atoms with E-state index in [1.807, 2.05) is 0 Å². The van der Waals surface area contributed by atoms with Crippen molar-refractivity contribution < 1.29 is 18.3 Å². The minimum atomic E-state index is -3.88. The lowest BCUT2D eigenvalue weighted by molar-refractivity contribution is -0.136. The number of hydrogen-bond donors (Lipinski definition) is 5. The third-order valence-corrected chi connectivity index (χ3v) is 4.66. The summed E-state index contributed by atoms with van der Waals surface area (Å²) >= 11 is 0. The summed E-state index contributed by atoms with van der Waals surface area (Å²) in [6.07, 6.45) is 0.108. The molecule has 0 spiro atoms. The van der Waals surface area contributed by atoms with Crippen LogP contribution in [0, 0.1) is 5.41 Å². The molecule has 0 aliphatic heterocycles. The van der Waals surface area contributed by atoms with Crippen LogP contribution < -0.4 is 15.8 Å². The maximum absolute atomic E-state index is 12.6. The minimum absolute atomic E-state index is 0.00760. The molecular formula is C16H18N4O4S. The first-order chi connectivity index (χ1) is 11.8. The highest BCUT2D eigenvalue weighted by atomic mass is 32.2. The van der Waals surface area contributed by atoms with Crippen LogP contribution in [0.3, 0.4) is 0 Å². The van der Waals surface area contributed by atoms with Crippen LogP contribution >= 0.6 is 0 Å². The van der Waals surface area contributed by atoms with Gasteiger partial charge in [0.2, 0.25) is 0 Å². The summed E-state index contributed by atoms with van der Waals surface area (Å²) in [5.41, 5.74) is 6.53. The maximum atomic E-state index is 12.6. The first kappa shape index (κ1) is 18.3. The van der Waals surface area contributed by atoms with E-state index in [0.29, 0.717) is 16.9 Å². The van der Waals surface area contributed by atoms with Gasteiger partial charge in [-0.15, -0.1) is 0 Å². The summed E-state index contributed by atoms with van der Waals surface area (Å²) in [6, 6.07) is 12.5. The number of anilines is 2. The predicted molar refractivity (Wildman–Crippen MR) is 95.2 cm³/mol. The Bertz CT molecular complexity index is 897. The Labute approximate surface area is 145 Å². The van der Waals surface area contributed by atoms with Gasteiger partial charge in [0.05, 0.1) is 10.6 Å². The zero-order valence-corrected chi connectivity index (χ0v) is 14.0. The molecule has 132 valence electrons. The van der Waals surface area contributed by atoms with Gasteiger partial charge < -0.3 is 16.2 Å². The van der Waals surface area contributed by atoms with Crippen LogP contribution in [0.5, 0.6) is 0 Å². The second kappa shape index (κ2) is 7.67. The fourth-order valence-corrected chi connectivity index (χ4v) is 3.33. The van der Waals surface area contributed by atoms with Gasteiger partial charge >= 0.3 is 5.97 Å². The number of aliphatic carboxylic acids is 1. The van der Waals surface area contributed by atoms with E-state index >= 15 is 0 Å². The van der Waals surface area contributed by atoms with Crippen molar-refractivity contribution >= 4 is 33.3 Å². The van der Waals surface area contributed by atoms with Crippen molar-refractivity contribution in [3.63, 3.8) is 0 Å². The summed E-state index contributed by atoms with van der Waals surface area (Å²) in [5, 5.41) is 18.5. The highest BCUT2D eigenvalue weighted by Crippen LogP contribution is 2.22. The Hall–Kier alpha value is -3.07. The van der Waals surface area contributed by atoms with E-state index in [2.05, 4.69) is 10.0 Å². The van der Waals surface area contributed by atoms with Crippen LogP contribution in [-0.2, 0) is 21.2 Å². The van der Waals surface area contributed by atoms with Crippen molar-refractivity contribution in [2.45, 2.75) is 17.7 Å². The first-order valence-corrected chi connectivity index (χ1v) is 8.80. The molecule has 0 saturated carbocycles. The van der Waals surface area contributed by atoms with E-state index in [1.165, 1.54) is 18.2 Å². The number of carboxylic acid groups (broad SMARTS) is 1. The van der Waals surface area contributed by atoms with Crippen molar-refractivity contribution in [2.75, 3.05) is 10.0 Å². The fourth-order valence-electron chi connectivity index (χ4n) is 2.18. The van der Waals surface area contributed by atoms with Gasteiger partial charge in [0, 0.05) is 12.1 Å². The van der Waals surface area contributed by atoms with E-state index < -0.39 is 16.0 Å². The van der Waals surface area contributed by atoms with Gasteiger partial charge in [0.25, 0.3) is 10.0 Å². The van der Waals surface area contributed by atoms with Gasteiger partial charge in [-0.3, -0.25) is 14.9 Å². The van der Waals surface area contributed by atoms with Gasteiger partial charge in [-0.2, -0.15) is 0 Å². The van der Waals surface area contributed by atoms with Crippen molar-refractivity contribution in [1.29, 1.82) is 5.41 Å². The number of hydrogen-bond acceptors (Lipinski definition) is 4. The largest absolute Gasteiger partial charge is 0.481 e. The van der Waals surface area contributed by atoms with Crippen LogP contribution in [0.25, 0.3) is 0 Å². The third kappa shape index (κ3) is 5.21. The number of carbonyl (C=O) groups is 1. The van der Waals surface area contributed by atoms with E-state index in [9.17, 15) is 13.2 Å². The zero-order valence-electron chi connectivity index (χ0n) is 13.2. The van der Waals surface area contributed by atoms with Crippen LogP contribution in [0.2, 0.25) is 0 Å². The molecule has 0 unspecified atom stereocenters. The van der Waals surface area contributed by atoms with Gasteiger partial charge in [0.1, 0.15) is 0 Å². The van der Waals surface area contributed by atoms with Gasteiger partial charge in [-0.25, -0.2) is 8.42 Å². The smallest absolute Gasteiger partial charge is 0.303 e. The number of guanidine groups is 1. The van der Waals surface area contributed by atoms with E-state index in [0.717, 1.165) is 0 Å². The summed E-state index contributed by atoms with van der Waals surface area (Å²) in [6.45, 7) is 0. The third-order valence-electron chi connectivity index (χ3n) is 3.29. The molecule has 9 heteroatoms. The average Bonchev–Trinajstić information content (AvgIpc) is 2.53. The molecule has 2 aromatic carbocycles. The lowest BCUT2D eigenvalue weighted by Gasteiger charge is -2.13. The SMILES string of the molecule is N=C(N)Nc1cccc(S(=O)(=O)Nc2ccccc2CCC(=O)O)c1. The number of sulfonamides is 1. The standard InChI is InChI=1S/C16H18N4O4S/c17-16(18)19-12-5-3-6-13(10-12)25(23,24)20-14-7-2-1-4-11(14)8-9-15(21)22/h1-7,10,20H,8-9H2,(H,21,22)(H4,17,18,19). The van der Waals surface area contributed by atoms with Crippen LogP contribution in [0.15, 0.2) is 53.4 Å². The Balaban J connectivity index is 2.27. The van der Waals surface area contributed by atoms with E-state index in [4.69, 9.17) is 16.2 Å². The number of rotatable bonds is 7. The molecule has 0 fully saturated rings. The van der Waals surface area contributed by atoms with Gasteiger partial charge in [0.15, 0.2) is 5.96 Å². The molecule has 2 rings (SSSR count). The van der Waals surface area contributed by atoms with E-state index in [1.54, 1.807) is 30.3 Å². The summed E-state index contributed by atoms with van der Waals surface area (Å²) in [4.78, 5) is 10.7. The fraction of sp³-hybridized carbons (Fsp3) is 0.125. The van der Waals surface area contributed by atoms with Crippen molar-refractivity contribution in [3.8, 4) is 0 Å². The molecule has 0 saturated heterocycles. The lowest BCUT2D eigenvalue weighted by atomic mass is 10.1. The number of para-hydroxylation sites is 1. The Morgan fingerprint density at radius 1 is 1.16 bits per heavy atom. The molecule has 0 bridgehead atoms. The normalized spacial score (nSPS) is 10.9. The number of nitrogens with two attached hydrogens (primary N) is 1. The highest BCUT2D eigenvalue weighted by Gasteiger charge is 2.16. The highest BCUT2D eigenvalue weighted by molar-refractivity contribution is 7.92. The number of carboxylic acids is 1. The lowest BCUT2D eigenvalue weighted by Crippen LogP contribution is -2.21. The molecule has 25 heavy (non-hydrogen) atoms.